The van der Waals surface area contributed by atoms with Gasteiger partial charge in [-0.25, -0.2) is 4.89 Å². The van der Waals surface area contributed by atoms with Gasteiger partial charge in [-0.3, -0.25) is 5.26 Å². The second-order valence-corrected chi connectivity index (χ2v) is 8.35. The third kappa shape index (κ3) is 5.13. The van der Waals surface area contributed by atoms with Crippen LogP contribution in [0.3, 0.4) is 0 Å². The van der Waals surface area contributed by atoms with E-state index in [1.807, 2.05) is 36.4 Å². The fraction of sp³-hybridized carbons (Fsp3) is 0.500. The summed E-state index contributed by atoms with van der Waals surface area (Å²) in [6, 6.07) is 13.6. The molecule has 1 saturated heterocycles. The van der Waals surface area contributed by atoms with Gasteiger partial charge in [-0.05, 0) is 73.1 Å². The van der Waals surface area contributed by atoms with E-state index in [1.54, 1.807) is 6.07 Å². The lowest BCUT2D eigenvalue weighted by Gasteiger charge is -2.29. The maximum absolute atomic E-state index is 10.3. The van der Waals surface area contributed by atoms with Crippen LogP contribution in [0.5, 0.6) is 11.5 Å². The lowest BCUT2D eigenvalue weighted by atomic mass is 9.95. The van der Waals surface area contributed by atoms with Crippen molar-refractivity contribution >= 4 is 0 Å². The third-order valence-electron chi connectivity index (χ3n) is 6.13. The Labute approximate surface area is 177 Å². The maximum Gasteiger partial charge on any atom is 0.119 e. The van der Waals surface area contributed by atoms with Gasteiger partial charge in [0.1, 0.15) is 17.6 Å². The van der Waals surface area contributed by atoms with Crippen LogP contribution >= 0.6 is 0 Å². The van der Waals surface area contributed by atoms with Gasteiger partial charge in [0.2, 0.25) is 0 Å². The highest BCUT2D eigenvalue weighted by molar-refractivity contribution is 5.41. The van der Waals surface area contributed by atoms with Gasteiger partial charge < -0.3 is 19.7 Å². The van der Waals surface area contributed by atoms with Crippen LogP contribution in [0, 0.1) is 0 Å². The molecule has 2 unspecified atom stereocenters. The van der Waals surface area contributed by atoms with Gasteiger partial charge in [0.05, 0.1) is 24.9 Å². The monoisotopic (exact) mass is 414 g/mol. The summed E-state index contributed by atoms with van der Waals surface area (Å²) in [5, 5.41) is 28.5. The number of aliphatic hydroxyl groups is 1. The first-order valence-corrected chi connectivity index (χ1v) is 10.8. The van der Waals surface area contributed by atoms with Crippen LogP contribution in [0.15, 0.2) is 42.5 Å². The average Bonchev–Trinajstić information content (AvgIpc) is 3.24. The van der Waals surface area contributed by atoms with Crippen molar-refractivity contribution in [2.24, 2.45) is 0 Å². The Balaban J connectivity index is 1.40. The van der Waals surface area contributed by atoms with Crippen LogP contribution in [0.4, 0.5) is 0 Å². The molecule has 6 heteroatoms. The molecule has 0 amide bonds. The first-order valence-electron chi connectivity index (χ1n) is 10.8. The molecule has 1 aliphatic heterocycles. The second kappa shape index (κ2) is 9.79. The smallest absolute Gasteiger partial charge is 0.119 e. The van der Waals surface area contributed by atoms with Crippen molar-refractivity contribution in [1.82, 2.24) is 0 Å². The van der Waals surface area contributed by atoms with Crippen LogP contribution < -0.4 is 4.74 Å². The molecule has 4 atom stereocenters. The first kappa shape index (κ1) is 21.1. The fourth-order valence-corrected chi connectivity index (χ4v) is 4.43. The number of rotatable bonds is 7. The van der Waals surface area contributed by atoms with Crippen molar-refractivity contribution in [3.8, 4) is 11.5 Å². The van der Waals surface area contributed by atoms with E-state index in [1.165, 1.54) is 0 Å². The lowest BCUT2D eigenvalue weighted by molar-refractivity contribution is -0.277. The van der Waals surface area contributed by atoms with E-state index in [9.17, 15) is 10.2 Å². The molecule has 2 fully saturated rings. The fourth-order valence-electron chi connectivity index (χ4n) is 4.43. The number of hydrogen-bond acceptors (Lipinski definition) is 6. The predicted octanol–water partition coefficient (Wildman–Crippen LogP) is 4.38. The molecule has 0 spiro atoms. The first-order chi connectivity index (χ1) is 14.6. The lowest BCUT2D eigenvalue weighted by Crippen LogP contribution is -2.25. The third-order valence-corrected chi connectivity index (χ3v) is 6.13. The largest absolute Gasteiger partial charge is 0.508 e. The van der Waals surface area contributed by atoms with Gasteiger partial charge in [0.15, 0.2) is 0 Å². The highest BCUT2D eigenvalue weighted by Crippen LogP contribution is 2.34. The number of aromatic hydroxyl groups is 1. The summed E-state index contributed by atoms with van der Waals surface area (Å²) in [5.41, 5.74) is 2.98. The topological polar surface area (TPSA) is 88.4 Å². The van der Waals surface area contributed by atoms with Gasteiger partial charge in [-0.15, -0.1) is 0 Å². The number of phenols is 1. The molecule has 0 radical (unpaired) electrons. The van der Waals surface area contributed by atoms with Crippen molar-refractivity contribution in [2.75, 3.05) is 6.61 Å². The maximum atomic E-state index is 10.3. The van der Waals surface area contributed by atoms with Gasteiger partial charge >= 0.3 is 0 Å². The van der Waals surface area contributed by atoms with E-state index in [0.717, 1.165) is 54.5 Å². The molecule has 4 rings (SSSR count). The van der Waals surface area contributed by atoms with Gasteiger partial charge in [0, 0.05) is 12.8 Å². The van der Waals surface area contributed by atoms with Crippen molar-refractivity contribution in [2.45, 2.75) is 69.4 Å². The summed E-state index contributed by atoms with van der Waals surface area (Å²) >= 11 is 0. The van der Waals surface area contributed by atoms with Crippen molar-refractivity contribution in [1.29, 1.82) is 0 Å². The summed E-state index contributed by atoms with van der Waals surface area (Å²) in [6.07, 6.45) is 5.61. The predicted molar refractivity (Wildman–Crippen MR) is 112 cm³/mol. The Kier molecular flexibility index (Phi) is 6.89. The van der Waals surface area contributed by atoms with E-state index in [0.29, 0.717) is 12.8 Å². The zero-order valence-corrected chi connectivity index (χ0v) is 17.1. The minimum Gasteiger partial charge on any atom is -0.508 e. The van der Waals surface area contributed by atoms with Crippen LogP contribution in [0.25, 0.3) is 0 Å². The molecule has 6 nitrogen and oxygen atoms in total. The molecule has 1 saturated carbocycles. The molecule has 2 aromatic carbocycles. The van der Waals surface area contributed by atoms with Crippen molar-refractivity contribution in [3.05, 3.63) is 59.2 Å². The van der Waals surface area contributed by atoms with Gasteiger partial charge in [-0.1, -0.05) is 18.2 Å². The quantitative estimate of drug-likeness (QED) is 0.460. The molecule has 162 valence electrons. The number of hydrogen-bond donors (Lipinski definition) is 3. The molecule has 0 aromatic heterocycles. The standard InChI is InChI=1S/C24H30O6/c25-15-22-2-1-3-24(29-22)17-6-11-23(26)18(13-17)12-16-4-7-19(8-5-16)28-20-9-10-21(14-20)30-27/h4-8,11,13,20-22,24-27H,1-3,9-10,12,14-15H2/t20?,21?,22-,24+/m0/s1. The molecule has 3 N–H and O–H groups in total. The Morgan fingerprint density at radius 2 is 1.77 bits per heavy atom. The SMILES string of the molecule is OC[C@@H]1CCC[C@H](c2ccc(O)c(Cc3ccc(OC4CCC(OO)C4)cc3)c2)O1. The summed E-state index contributed by atoms with van der Waals surface area (Å²) in [7, 11) is 0. The second-order valence-electron chi connectivity index (χ2n) is 8.35. The molecule has 1 aliphatic carbocycles. The van der Waals surface area contributed by atoms with Crippen LogP contribution in [0.1, 0.15) is 61.3 Å². The number of phenolic OH excluding ortho intramolecular Hbond substituents is 1. The van der Waals surface area contributed by atoms with E-state index in [2.05, 4.69) is 4.89 Å². The van der Waals surface area contributed by atoms with E-state index >= 15 is 0 Å². The average molecular weight is 414 g/mol. The molecular weight excluding hydrogens is 384 g/mol. The molecule has 0 bridgehead atoms. The van der Waals surface area contributed by atoms with Gasteiger partial charge in [-0.2, -0.15) is 0 Å². The summed E-state index contributed by atoms with van der Waals surface area (Å²) in [5.74, 6) is 1.07. The van der Waals surface area contributed by atoms with E-state index in [-0.39, 0.29) is 36.8 Å². The summed E-state index contributed by atoms with van der Waals surface area (Å²) in [6.45, 7) is 0.0460. The normalized spacial score (nSPS) is 26.6. The summed E-state index contributed by atoms with van der Waals surface area (Å²) in [4.78, 5) is 4.42. The Morgan fingerprint density at radius 1 is 0.967 bits per heavy atom. The van der Waals surface area contributed by atoms with Crippen LogP contribution in [0.2, 0.25) is 0 Å². The highest BCUT2D eigenvalue weighted by Gasteiger charge is 2.27. The van der Waals surface area contributed by atoms with Gasteiger partial charge in [0.25, 0.3) is 0 Å². The zero-order chi connectivity index (χ0) is 20.9. The molecular formula is C24H30O6. The van der Waals surface area contributed by atoms with Crippen molar-refractivity contribution in [3.63, 3.8) is 0 Å². The number of ether oxygens (including phenoxy) is 2. The molecule has 2 aliphatic rings. The minimum atomic E-state index is -0.134. The van der Waals surface area contributed by atoms with E-state index < -0.39 is 0 Å². The summed E-state index contributed by atoms with van der Waals surface area (Å²) < 4.78 is 12.0. The van der Waals surface area contributed by atoms with Crippen LogP contribution in [-0.4, -0.2) is 40.4 Å². The minimum absolute atomic E-state index is 0.0378. The Bertz CT molecular complexity index is 821. The number of aliphatic hydroxyl groups excluding tert-OH is 1. The number of benzene rings is 2. The molecule has 2 aromatic rings. The van der Waals surface area contributed by atoms with Crippen molar-refractivity contribution < 1.29 is 29.8 Å². The zero-order valence-electron chi connectivity index (χ0n) is 17.1. The van der Waals surface area contributed by atoms with Crippen LogP contribution in [-0.2, 0) is 16.0 Å². The molecule has 1 heterocycles. The van der Waals surface area contributed by atoms with E-state index in [4.69, 9.17) is 14.7 Å². The molecule has 30 heavy (non-hydrogen) atoms. The Morgan fingerprint density at radius 3 is 2.50 bits per heavy atom. The highest BCUT2D eigenvalue weighted by atomic mass is 17.1. The Hall–Kier alpha value is -2.12.